The zero-order valence-corrected chi connectivity index (χ0v) is 7.91. The van der Waals surface area contributed by atoms with Crippen molar-refractivity contribution in [2.45, 2.75) is 18.2 Å². The van der Waals surface area contributed by atoms with E-state index in [1.807, 2.05) is 0 Å². The van der Waals surface area contributed by atoms with Gasteiger partial charge in [-0.1, -0.05) is 31.9 Å². The predicted octanol–water partition coefficient (Wildman–Crippen LogP) is 2.29. The molecule has 0 aliphatic rings. The molecule has 0 N–H and O–H groups in total. The Hall–Kier alpha value is 0.630. The molecule has 0 atom stereocenters. The van der Waals surface area contributed by atoms with E-state index in [4.69, 9.17) is 0 Å². The van der Waals surface area contributed by atoms with Crippen molar-refractivity contribution in [3.63, 3.8) is 0 Å². The van der Waals surface area contributed by atoms with Gasteiger partial charge in [-0.25, -0.2) is 0 Å². The Bertz CT molecular complexity index is 93.1. The summed E-state index contributed by atoms with van der Waals surface area (Å²) in [4.78, 5) is 10.7. The Labute approximate surface area is 66.1 Å². The lowest BCUT2D eigenvalue weighted by molar-refractivity contribution is -0.116. The molecule has 0 bridgehead atoms. The summed E-state index contributed by atoms with van der Waals surface area (Å²) < 4.78 is -0.420. The van der Waals surface area contributed by atoms with E-state index in [9.17, 15) is 4.79 Å². The molecule has 8 heavy (non-hydrogen) atoms. The van der Waals surface area contributed by atoms with Gasteiger partial charge >= 0.3 is 0 Å². The summed E-state index contributed by atoms with van der Waals surface area (Å²) in [6.45, 7) is 3.60. The van der Waals surface area contributed by atoms with Gasteiger partial charge in [0.2, 0.25) is 0 Å². The Kier molecular flexibility index (Phi) is 3.20. The van der Waals surface area contributed by atoms with Crippen LogP contribution >= 0.6 is 31.9 Å². The van der Waals surface area contributed by atoms with Gasteiger partial charge in [0.05, 0.1) is 9.65 Å². The molecule has 0 aromatic carbocycles. The number of carbonyl (C=O) groups excluding carboxylic acids is 1. The minimum Gasteiger partial charge on any atom is -0.297 e. The topological polar surface area (TPSA) is 17.1 Å². The summed E-state index contributed by atoms with van der Waals surface area (Å²) in [6, 6.07) is 0. The average Bonchev–Trinajstić information content (AvgIpc) is 1.62. The molecule has 0 aromatic heterocycles. The van der Waals surface area contributed by atoms with Crippen molar-refractivity contribution in [1.82, 2.24) is 0 Å². The molecule has 0 unspecified atom stereocenters. The summed E-state index contributed by atoms with van der Waals surface area (Å²) in [5.41, 5.74) is 0. The summed E-state index contributed by atoms with van der Waals surface area (Å²) in [7, 11) is 0. The van der Waals surface area contributed by atoms with E-state index >= 15 is 0 Å². The number of hydrogen-bond acceptors (Lipinski definition) is 1. The number of hydrogen-bond donors (Lipinski definition) is 0. The minimum absolute atomic E-state index is 0.0394. The fourth-order valence-electron chi connectivity index (χ4n) is 0.130. The third kappa shape index (κ3) is 2.82. The van der Waals surface area contributed by atoms with Crippen LogP contribution in [0.25, 0.3) is 0 Å². The van der Waals surface area contributed by atoms with E-state index < -0.39 is 4.32 Å². The molecule has 0 saturated heterocycles. The highest BCUT2D eigenvalue weighted by molar-refractivity contribution is 9.11. The molecule has 0 aliphatic carbocycles. The van der Waals surface area contributed by atoms with Crippen LogP contribution in [0.15, 0.2) is 0 Å². The van der Waals surface area contributed by atoms with Gasteiger partial charge in [-0.2, -0.15) is 0 Å². The molecule has 1 radical (unpaired) electrons. The maximum Gasteiger partial charge on any atom is 0.164 e. The standard InChI is InChI=1S/C5H7Br2O/c1-5(2,7)4(8)3-6/h3H,1-2H3. The fourth-order valence-corrected chi connectivity index (χ4v) is 1.12. The quantitative estimate of drug-likeness (QED) is 0.680. The first kappa shape index (κ1) is 8.63. The Morgan fingerprint density at radius 2 is 2.00 bits per heavy atom. The summed E-state index contributed by atoms with van der Waals surface area (Å²) in [5, 5.41) is 1.38. The van der Waals surface area contributed by atoms with Gasteiger partial charge in [0.25, 0.3) is 0 Å². The van der Waals surface area contributed by atoms with Gasteiger partial charge in [-0.3, -0.25) is 4.79 Å². The second kappa shape index (κ2) is 2.97. The zero-order chi connectivity index (χ0) is 6.78. The Morgan fingerprint density at radius 1 is 1.62 bits per heavy atom. The van der Waals surface area contributed by atoms with Crippen molar-refractivity contribution in [1.29, 1.82) is 0 Å². The van der Waals surface area contributed by atoms with Gasteiger partial charge in [-0.15, -0.1) is 0 Å². The van der Waals surface area contributed by atoms with Crippen LogP contribution in [0.3, 0.4) is 0 Å². The molecular weight excluding hydrogens is 236 g/mol. The number of alkyl halides is 1. The molecule has 0 saturated carbocycles. The highest BCUT2D eigenvalue weighted by Crippen LogP contribution is 2.19. The van der Waals surface area contributed by atoms with Crippen LogP contribution in [0, 0.1) is 5.33 Å². The van der Waals surface area contributed by atoms with Crippen molar-refractivity contribution < 1.29 is 4.79 Å². The predicted molar refractivity (Wildman–Crippen MR) is 41.2 cm³/mol. The molecule has 0 aliphatic heterocycles. The van der Waals surface area contributed by atoms with Gasteiger partial charge in [-0.05, 0) is 13.8 Å². The summed E-state index contributed by atoms with van der Waals surface area (Å²) in [5.74, 6) is 0.0394. The molecule has 47 valence electrons. The molecule has 0 heterocycles. The molecular formula is C5H7Br2O. The van der Waals surface area contributed by atoms with Crippen LogP contribution in [0.1, 0.15) is 13.8 Å². The van der Waals surface area contributed by atoms with E-state index in [0.29, 0.717) is 0 Å². The summed E-state index contributed by atoms with van der Waals surface area (Å²) in [6.07, 6.45) is 0. The number of rotatable bonds is 2. The summed E-state index contributed by atoms with van der Waals surface area (Å²) >= 11 is 6.14. The van der Waals surface area contributed by atoms with Crippen molar-refractivity contribution in [2.75, 3.05) is 0 Å². The van der Waals surface area contributed by atoms with Crippen molar-refractivity contribution in [2.24, 2.45) is 0 Å². The molecule has 3 heteroatoms. The van der Waals surface area contributed by atoms with E-state index in [1.165, 1.54) is 5.33 Å². The smallest absolute Gasteiger partial charge is 0.164 e. The van der Waals surface area contributed by atoms with Crippen LogP contribution in [-0.4, -0.2) is 10.1 Å². The zero-order valence-electron chi connectivity index (χ0n) is 4.74. The SMILES string of the molecule is CC(C)(Br)C(=O)[CH]Br. The minimum atomic E-state index is -0.420. The third-order valence-electron chi connectivity index (χ3n) is 0.685. The molecule has 0 spiro atoms. The Balaban J connectivity index is 3.82. The first-order chi connectivity index (χ1) is 3.48. The second-order valence-corrected chi connectivity index (χ2v) is 4.39. The number of ketones is 1. The van der Waals surface area contributed by atoms with Gasteiger partial charge in [0.15, 0.2) is 5.78 Å². The lowest BCUT2D eigenvalue weighted by Crippen LogP contribution is -2.22. The molecule has 0 fully saturated rings. The van der Waals surface area contributed by atoms with E-state index in [-0.39, 0.29) is 5.78 Å². The largest absolute Gasteiger partial charge is 0.297 e. The number of Topliss-reactive ketones (excluding diaryl/α,β-unsaturated/α-hetero) is 1. The molecule has 1 nitrogen and oxygen atoms in total. The van der Waals surface area contributed by atoms with Gasteiger partial charge in [0, 0.05) is 0 Å². The van der Waals surface area contributed by atoms with Gasteiger partial charge < -0.3 is 0 Å². The van der Waals surface area contributed by atoms with E-state index in [0.717, 1.165) is 0 Å². The van der Waals surface area contributed by atoms with Crippen molar-refractivity contribution in [3.8, 4) is 0 Å². The molecule has 0 amide bonds. The highest BCUT2D eigenvalue weighted by atomic mass is 79.9. The second-order valence-electron chi connectivity index (χ2n) is 1.95. The monoisotopic (exact) mass is 241 g/mol. The Morgan fingerprint density at radius 3 is 2.00 bits per heavy atom. The normalized spacial score (nSPS) is 11.5. The van der Waals surface area contributed by atoms with Crippen molar-refractivity contribution >= 4 is 37.6 Å². The first-order valence-electron chi connectivity index (χ1n) is 2.15. The van der Waals surface area contributed by atoms with Crippen molar-refractivity contribution in [3.05, 3.63) is 5.33 Å². The van der Waals surface area contributed by atoms with Crippen LogP contribution in [0.4, 0.5) is 0 Å². The maximum atomic E-state index is 10.7. The molecule has 0 rings (SSSR count). The number of carbonyl (C=O) groups is 1. The number of halogens is 2. The maximum absolute atomic E-state index is 10.7. The fraction of sp³-hybridized carbons (Fsp3) is 0.600. The van der Waals surface area contributed by atoms with Crippen LogP contribution in [0.5, 0.6) is 0 Å². The first-order valence-corrected chi connectivity index (χ1v) is 3.86. The third-order valence-corrected chi connectivity index (χ3v) is 1.49. The van der Waals surface area contributed by atoms with E-state index in [1.54, 1.807) is 13.8 Å². The van der Waals surface area contributed by atoms with Crippen LogP contribution in [-0.2, 0) is 4.79 Å². The van der Waals surface area contributed by atoms with Gasteiger partial charge in [0.1, 0.15) is 0 Å². The lowest BCUT2D eigenvalue weighted by Gasteiger charge is -2.10. The molecule has 0 aromatic rings. The van der Waals surface area contributed by atoms with E-state index in [2.05, 4.69) is 31.9 Å². The highest BCUT2D eigenvalue weighted by Gasteiger charge is 2.21. The van der Waals surface area contributed by atoms with Crippen LogP contribution < -0.4 is 0 Å². The van der Waals surface area contributed by atoms with Crippen LogP contribution in [0.2, 0.25) is 0 Å². The average molecular weight is 243 g/mol. The lowest BCUT2D eigenvalue weighted by atomic mass is 10.1.